The van der Waals surface area contributed by atoms with E-state index in [1.54, 1.807) is 0 Å². The molecule has 0 amide bonds. The van der Waals surface area contributed by atoms with Crippen molar-refractivity contribution in [3.63, 3.8) is 0 Å². The molecule has 12 nitrogen and oxygen atoms in total. The maximum absolute atomic E-state index is 10.9. The van der Waals surface area contributed by atoms with Crippen molar-refractivity contribution in [3.8, 4) is 0 Å². The maximum atomic E-state index is 10.9. The van der Waals surface area contributed by atoms with Gasteiger partial charge in [-0.2, -0.15) is 5.10 Å². The smallest absolute Gasteiger partial charge is 0.301 e. The molecule has 1 rings (SSSR count). The van der Waals surface area contributed by atoms with E-state index in [1.807, 2.05) is 0 Å². The third-order valence-electron chi connectivity index (χ3n) is 2.80. The van der Waals surface area contributed by atoms with Gasteiger partial charge in [0.2, 0.25) is 6.04 Å². The molecule has 0 radical (unpaired) electrons. The number of hydrazone groups is 1. The van der Waals surface area contributed by atoms with Gasteiger partial charge in [0.1, 0.15) is 12.3 Å². The quantitative estimate of drug-likeness (QED) is 0.387. The van der Waals surface area contributed by atoms with Crippen molar-refractivity contribution in [1.82, 2.24) is 0 Å². The molecule has 1 unspecified atom stereocenters. The van der Waals surface area contributed by atoms with Gasteiger partial charge in [0, 0.05) is 23.6 Å². The lowest BCUT2D eigenvalue weighted by Gasteiger charge is -2.04. The van der Waals surface area contributed by atoms with Crippen LogP contribution in [-0.2, 0) is 0 Å². The van der Waals surface area contributed by atoms with Gasteiger partial charge in [-0.3, -0.25) is 35.8 Å². The zero-order chi connectivity index (χ0) is 17.4. The molecule has 0 heterocycles. The molecule has 124 valence electrons. The Morgan fingerprint density at radius 2 is 1.91 bits per heavy atom. The van der Waals surface area contributed by atoms with E-state index in [2.05, 4.69) is 10.5 Å². The summed E-state index contributed by atoms with van der Waals surface area (Å²) in [6.45, 7) is -0.595. The van der Waals surface area contributed by atoms with Crippen molar-refractivity contribution in [2.45, 2.75) is 18.9 Å². The molecule has 1 aromatic carbocycles. The first-order chi connectivity index (χ1) is 10.9. The monoisotopic (exact) mass is 327 g/mol. The number of non-ortho nitro benzene ring substituents is 1. The van der Waals surface area contributed by atoms with Gasteiger partial charge in [-0.1, -0.05) is 0 Å². The second-order valence-corrected chi connectivity index (χ2v) is 4.34. The van der Waals surface area contributed by atoms with Crippen LogP contribution < -0.4 is 5.43 Å². The Morgan fingerprint density at radius 1 is 1.22 bits per heavy atom. The first-order valence-electron chi connectivity index (χ1n) is 6.31. The summed E-state index contributed by atoms with van der Waals surface area (Å²) >= 11 is 0. The number of anilines is 1. The highest BCUT2D eigenvalue weighted by Crippen LogP contribution is 2.28. The van der Waals surface area contributed by atoms with Crippen molar-refractivity contribution in [2.24, 2.45) is 5.10 Å². The zero-order valence-corrected chi connectivity index (χ0v) is 11.7. The largest absolute Gasteiger partial charge is 0.389 e. The average molecular weight is 327 g/mol. The number of benzene rings is 1. The first-order valence-corrected chi connectivity index (χ1v) is 6.31. The molecule has 0 fully saturated rings. The number of nitrogens with one attached hydrogen (secondary N) is 1. The van der Waals surface area contributed by atoms with E-state index in [-0.39, 0.29) is 18.5 Å². The number of aliphatic hydroxyl groups is 1. The molecule has 12 heteroatoms. The molecule has 0 aromatic heterocycles. The Hall–Kier alpha value is -3.15. The molecular weight excluding hydrogens is 314 g/mol. The lowest BCUT2D eigenvalue weighted by Crippen LogP contribution is -2.23. The molecule has 23 heavy (non-hydrogen) atoms. The minimum Gasteiger partial charge on any atom is -0.389 e. The molecule has 0 saturated heterocycles. The topological polar surface area (TPSA) is 174 Å². The number of nitrogens with zero attached hydrogens (tertiary/aromatic N) is 4. The van der Waals surface area contributed by atoms with Crippen LogP contribution in [0.5, 0.6) is 0 Å². The van der Waals surface area contributed by atoms with Gasteiger partial charge in [0.25, 0.3) is 5.69 Å². The van der Waals surface area contributed by atoms with Crippen LogP contribution in [0.1, 0.15) is 12.8 Å². The second-order valence-electron chi connectivity index (χ2n) is 4.34. The normalized spacial score (nSPS) is 12.0. The molecule has 0 bridgehead atoms. The van der Waals surface area contributed by atoms with E-state index in [9.17, 15) is 30.3 Å². The van der Waals surface area contributed by atoms with Gasteiger partial charge >= 0.3 is 5.69 Å². The van der Waals surface area contributed by atoms with Crippen molar-refractivity contribution >= 4 is 23.3 Å². The molecule has 1 atom stereocenters. The second kappa shape index (κ2) is 8.33. The summed E-state index contributed by atoms with van der Waals surface area (Å²) in [5, 5.41) is 44.4. The van der Waals surface area contributed by atoms with Crippen LogP contribution in [0, 0.1) is 30.3 Å². The first kappa shape index (κ1) is 17.9. The lowest BCUT2D eigenvalue weighted by molar-refractivity contribution is -0.526. The van der Waals surface area contributed by atoms with Crippen LogP contribution in [0.15, 0.2) is 23.3 Å². The summed E-state index contributed by atoms with van der Waals surface area (Å²) < 4.78 is 0. The van der Waals surface area contributed by atoms with Gasteiger partial charge in [-0.05, 0) is 12.5 Å². The Balaban J connectivity index is 2.70. The van der Waals surface area contributed by atoms with E-state index >= 15 is 0 Å². The van der Waals surface area contributed by atoms with Crippen molar-refractivity contribution in [2.75, 3.05) is 12.0 Å². The Labute approximate surface area is 128 Å². The predicted molar refractivity (Wildman–Crippen MR) is 79.0 cm³/mol. The number of aliphatic hydroxyl groups excluding tert-OH is 1. The van der Waals surface area contributed by atoms with Crippen LogP contribution in [0.25, 0.3) is 0 Å². The highest BCUT2D eigenvalue weighted by Gasteiger charge is 2.19. The third kappa shape index (κ3) is 5.28. The standard InChI is InChI=1S/C11H13N5O7/c17-7-9(15(20)21)2-1-5-12-13-10-4-3-8(14(18)19)6-11(10)16(22)23/h3-6,9,13,17H,1-2,7H2. The SMILES string of the molecule is O=[N+]([O-])c1ccc(NN=CCCC(CO)[N+](=O)[O-])c([N+](=O)[O-])c1. The molecule has 0 aliphatic heterocycles. The number of rotatable bonds is 9. The van der Waals surface area contributed by atoms with Gasteiger partial charge in [0.05, 0.1) is 15.9 Å². The fourth-order valence-corrected chi connectivity index (χ4v) is 1.59. The summed E-state index contributed by atoms with van der Waals surface area (Å²) in [5.74, 6) is 0. The minimum atomic E-state index is -1.10. The van der Waals surface area contributed by atoms with Crippen molar-refractivity contribution < 1.29 is 19.9 Å². The molecule has 2 N–H and O–H groups in total. The Kier molecular flexibility index (Phi) is 6.48. The fourth-order valence-electron chi connectivity index (χ4n) is 1.59. The van der Waals surface area contributed by atoms with Gasteiger partial charge in [0.15, 0.2) is 0 Å². The number of hydrogen-bond donors (Lipinski definition) is 2. The van der Waals surface area contributed by atoms with Crippen LogP contribution in [-0.4, -0.2) is 38.7 Å². The van der Waals surface area contributed by atoms with E-state index in [0.717, 1.165) is 18.2 Å². The highest BCUT2D eigenvalue weighted by atomic mass is 16.6. The predicted octanol–water partition coefficient (Wildman–Crippen LogP) is 1.32. The average Bonchev–Trinajstić information content (AvgIpc) is 2.50. The van der Waals surface area contributed by atoms with E-state index in [1.165, 1.54) is 6.21 Å². The molecule has 1 aromatic rings. The van der Waals surface area contributed by atoms with Gasteiger partial charge in [-0.25, -0.2) is 0 Å². The lowest BCUT2D eigenvalue weighted by atomic mass is 10.2. The van der Waals surface area contributed by atoms with Gasteiger partial charge < -0.3 is 5.11 Å². The Morgan fingerprint density at radius 3 is 2.43 bits per heavy atom. The third-order valence-corrected chi connectivity index (χ3v) is 2.80. The van der Waals surface area contributed by atoms with Crippen molar-refractivity contribution in [3.05, 3.63) is 48.5 Å². The van der Waals surface area contributed by atoms with Gasteiger partial charge in [-0.15, -0.1) is 0 Å². The highest BCUT2D eigenvalue weighted by molar-refractivity contribution is 5.67. The molecular formula is C11H13N5O7. The van der Waals surface area contributed by atoms with E-state index in [4.69, 9.17) is 5.11 Å². The summed E-state index contributed by atoms with van der Waals surface area (Å²) in [4.78, 5) is 29.8. The van der Waals surface area contributed by atoms with Crippen LogP contribution >= 0.6 is 0 Å². The molecule has 0 spiro atoms. The van der Waals surface area contributed by atoms with E-state index < -0.39 is 38.8 Å². The number of nitro groups is 3. The summed E-state index contributed by atoms with van der Waals surface area (Å²) in [6, 6.07) is 1.92. The van der Waals surface area contributed by atoms with Crippen LogP contribution in [0.2, 0.25) is 0 Å². The molecule has 0 saturated carbocycles. The number of hydrogen-bond acceptors (Lipinski definition) is 9. The summed E-state index contributed by atoms with van der Waals surface area (Å²) in [5.41, 5.74) is 1.36. The van der Waals surface area contributed by atoms with Crippen molar-refractivity contribution in [1.29, 1.82) is 0 Å². The summed E-state index contributed by atoms with van der Waals surface area (Å²) in [7, 11) is 0. The van der Waals surface area contributed by atoms with Crippen LogP contribution in [0.4, 0.5) is 17.1 Å². The maximum Gasteiger partial charge on any atom is 0.301 e. The molecule has 0 aliphatic rings. The minimum absolute atomic E-state index is 0.0511. The van der Waals surface area contributed by atoms with E-state index in [0.29, 0.717) is 0 Å². The molecule has 0 aliphatic carbocycles. The summed E-state index contributed by atoms with van der Waals surface area (Å²) in [6.07, 6.45) is 1.48. The zero-order valence-electron chi connectivity index (χ0n) is 11.7. The Bertz CT molecular complexity index is 633. The number of nitro benzene ring substituents is 2. The fraction of sp³-hybridized carbons (Fsp3) is 0.364. The van der Waals surface area contributed by atoms with Crippen LogP contribution in [0.3, 0.4) is 0 Å².